The zero-order chi connectivity index (χ0) is 17.4. The molecule has 8 heteroatoms. The molecule has 1 fully saturated rings. The molecule has 1 aromatic heterocycles. The van der Waals surface area contributed by atoms with E-state index in [0.29, 0.717) is 31.8 Å². The number of furan rings is 1. The maximum Gasteiger partial charge on any atom is 0.321 e. The smallest absolute Gasteiger partial charge is 0.321 e. The molecule has 24 heavy (non-hydrogen) atoms. The van der Waals surface area contributed by atoms with Crippen molar-refractivity contribution in [3.63, 3.8) is 0 Å². The van der Waals surface area contributed by atoms with Crippen LogP contribution in [-0.2, 0) is 16.1 Å². The molecule has 1 aliphatic heterocycles. The van der Waals surface area contributed by atoms with Crippen LogP contribution in [0.2, 0.25) is 0 Å². The van der Waals surface area contributed by atoms with Crippen LogP contribution in [-0.4, -0.2) is 48.4 Å². The van der Waals surface area contributed by atoms with Crippen LogP contribution in [0.3, 0.4) is 0 Å². The van der Waals surface area contributed by atoms with E-state index in [2.05, 4.69) is 16.0 Å². The van der Waals surface area contributed by atoms with E-state index in [9.17, 15) is 14.4 Å². The number of hydrogen-bond donors (Lipinski definition) is 3. The number of amides is 4. The van der Waals surface area contributed by atoms with Gasteiger partial charge in [-0.15, -0.1) is 0 Å². The molecule has 4 amide bonds. The van der Waals surface area contributed by atoms with Gasteiger partial charge >= 0.3 is 6.03 Å². The SMILES string of the molecule is CCCNC(=O)NC(=O)CN1CCCC1C(=O)NCc1ccco1. The van der Waals surface area contributed by atoms with Crippen molar-refractivity contribution in [1.29, 1.82) is 0 Å². The number of rotatable bonds is 7. The number of likely N-dealkylation sites (tertiary alicyclic amines) is 1. The number of carbonyl (C=O) groups excluding carboxylic acids is 3. The number of urea groups is 1. The van der Waals surface area contributed by atoms with Crippen molar-refractivity contribution < 1.29 is 18.8 Å². The van der Waals surface area contributed by atoms with E-state index in [1.54, 1.807) is 23.3 Å². The molecule has 132 valence electrons. The van der Waals surface area contributed by atoms with Gasteiger partial charge in [0.15, 0.2) is 0 Å². The zero-order valence-electron chi connectivity index (χ0n) is 13.8. The van der Waals surface area contributed by atoms with E-state index in [0.717, 1.165) is 12.8 Å². The van der Waals surface area contributed by atoms with Gasteiger partial charge in [0, 0.05) is 6.54 Å². The average Bonchev–Trinajstić information content (AvgIpc) is 3.22. The van der Waals surface area contributed by atoms with Gasteiger partial charge in [0.05, 0.1) is 25.4 Å². The Labute approximate surface area is 140 Å². The lowest BCUT2D eigenvalue weighted by atomic mass is 10.2. The average molecular weight is 336 g/mol. The summed E-state index contributed by atoms with van der Waals surface area (Å²) in [6, 6.07) is 2.69. The van der Waals surface area contributed by atoms with Gasteiger partial charge < -0.3 is 15.1 Å². The van der Waals surface area contributed by atoms with Crippen LogP contribution in [0.15, 0.2) is 22.8 Å². The molecule has 3 N–H and O–H groups in total. The van der Waals surface area contributed by atoms with Crippen LogP contribution in [0.4, 0.5) is 4.79 Å². The topological polar surface area (TPSA) is 104 Å². The van der Waals surface area contributed by atoms with Crippen molar-refractivity contribution in [2.24, 2.45) is 0 Å². The first-order valence-corrected chi connectivity index (χ1v) is 8.22. The lowest BCUT2D eigenvalue weighted by Gasteiger charge is -2.22. The Balaban J connectivity index is 1.78. The minimum atomic E-state index is -0.500. The molecule has 0 aliphatic carbocycles. The zero-order valence-corrected chi connectivity index (χ0v) is 13.8. The van der Waals surface area contributed by atoms with Gasteiger partial charge in [0.2, 0.25) is 11.8 Å². The van der Waals surface area contributed by atoms with Crippen LogP contribution >= 0.6 is 0 Å². The summed E-state index contributed by atoms with van der Waals surface area (Å²) in [4.78, 5) is 37.5. The maximum absolute atomic E-state index is 12.3. The maximum atomic E-state index is 12.3. The standard InChI is InChI=1S/C16H24N4O4/c1-2-7-17-16(23)19-14(21)11-20-8-3-6-13(20)15(22)18-10-12-5-4-9-24-12/h4-5,9,13H,2-3,6-8,10-11H2,1H3,(H,18,22)(H2,17,19,21,23). The second-order valence-corrected chi connectivity index (χ2v) is 5.73. The Kier molecular flexibility index (Phi) is 6.80. The monoisotopic (exact) mass is 336 g/mol. The van der Waals surface area contributed by atoms with Gasteiger partial charge in [-0.1, -0.05) is 6.92 Å². The molecule has 1 unspecified atom stereocenters. The van der Waals surface area contributed by atoms with Gasteiger partial charge in [-0.3, -0.25) is 19.8 Å². The van der Waals surface area contributed by atoms with Crippen LogP contribution in [0.5, 0.6) is 0 Å². The molecule has 1 saturated heterocycles. The fourth-order valence-electron chi connectivity index (χ4n) is 2.65. The van der Waals surface area contributed by atoms with Crippen LogP contribution < -0.4 is 16.0 Å². The number of nitrogens with zero attached hydrogens (tertiary/aromatic N) is 1. The number of imide groups is 1. The second kappa shape index (κ2) is 9.07. The molecule has 1 aliphatic rings. The highest BCUT2D eigenvalue weighted by Gasteiger charge is 2.32. The predicted octanol–water partition coefficient (Wildman–Crippen LogP) is 0.596. The van der Waals surface area contributed by atoms with E-state index in [1.807, 2.05) is 6.92 Å². The summed E-state index contributed by atoms with van der Waals surface area (Å²) < 4.78 is 5.18. The first kappa shape index (κ1) is 18.0. The summed E-state index contributed by atoms with van der Waals surface area (Å²) in [7, 11) is 0. The van der Waals surface area contributed by atoms with Gasteiger partial charge in [0.25, 0.3) is 0 Å². The van der Waals surface area contributed by atoms with Crippen LogP contribution in [0.25, 0.3) is 0 Å². The molecular formula is C16H24N4O4. The third-order valence-electron chi connectivity index (χ3n) is 3.82. The Morgan fingerprint density at radius 1 is 1.33 bits per heavy atom. The van der Waals surface area contributed by atoms with E-state index in [-0.39, 0.29) is 18.5 Å². The van der Waals surface area contributed by atoms with Crippen molar-refractivity contribution in [1.82, 2.24) is 20.9 Å². The van der Waals surface area contributed by atoms with E-state index in [4.69, 9.17) is 4.42 Å². The van der Waals surface area contributed by atoms with E-state index >= 15 is 0 Å². The minimum Gasteiger partial charge on any atom is -0.467 e. The molecule has 0 aromatic carbocycles. The summed E-state index contributed by atoms with van der Waals surface area (Å²) in [5, 5.41) is 7.67. The first-order valence-electron chi connectivity index (χ1n) is 8.22. The summed E-state index contributed by atoms with van der Waals surface area (Å²) >= 11 is 0. The molecule has 0 saturated carbocycles. The van der Waals surface area contributed by atoms with E-state index in [1.165, 1.54) is 0 Å². The number of carbonyl (C=O) groups is 3. The largest absolute Gasteiger partial charge is 0.467 e. The highest BCUT2D eigenvalue weighted by atomic mass is 16.3. The van der Waals surface area contributed by atoms with Gasteiger partial charge in [0.1, 0.15) is 5.76 Å². The van der Waals surface area contributed by atoms with Crippen molar-refractivity contribution in [3.05, 3.63) is 24.2 Å². The Morgan fingerprint density at radius 3 is 2.88 bits per heavy atom. The second-order valence-electron chi connectivity index (χ2n) is 5.73. The fraction of sp³-hybridized carbons (Fsp3) is 0.562. The summed E-state index contributed by atoms with van der Waals surface area (Å²) in [5.41, 5.74) is 0. The van der Waals surface area contributed by atoms with Crippen LogP contribution in [0, 0.1) is 0 Å². The molecule has 1 aromatic rings. The summed E-state index contributed by atoms with van der Waals surface area (Å²) in [5.74, 6) is 0.139. The molecule has 0 spiro atoms. The van der Waals surface area contributed by atoms with E-state index < -0.39 is 11.9 Å². The van der Waals surface area contributed by atoms with Gasteiger partial charge in [-0.25, -0.2) is 4.79 Å². The van der Waals surface area contributed by atoms with Crippen molar-refractivity contribution in [2.75, 3.05) is 19.6 Å². The first-order chi connectivity index (χ1) is 11.6. The Morgan fingerprint density at radius 2 is 2.17 bits per heavy atom. The minimum absolute atomic E-state index is 0.0262. The highest BCUT2D eigenvalue weighted by molar-refractivity contribution is 5.95. The lowest BCUT2D eigenvalue weighted by molar-refractivity contribution is -0.127. The predicted molar refractivity (Wildman–Crippen MR) is 87.0 cm³/mol. The quantitative estimate of drug-likeness (QED) is 0.676. The van der Waals surface area contributed by atoms with Gasteiger partial charge in [-0.05, 0) is 37.9 Å². The third-order valence-corrected chi connectivity index (χ3v) is 3.82. The summed E-state index contributed by atoms with van der Waals surface area (Å²) in [6.07, 6.45) is 3.89. The Hall–Kier alpha value is -2.35. The molecule has 2 heterocycles. The molecule has 0 radical (unpaired) electrons. The molecule has 0 bridgehead atoms. The number of nitrogens with one attached hydrogen (secondary N) is 3. The molecule has 2 rings (SSSR count). The summed E-state index contributed by atoms with van der Waals surface area (Å²) in [6.45, 7) is 3.45. The molecular weight excluding hydrogens is 312 g/mol. The molecule has 8 nitrogen and oxygen atoms in total. The highest BCUT2D eigenvalue weighted by Crippen LogP contribution is 2.17. The lowest BCUT2D eigenvalue weighted by Crippen LogP contribution is -2.49. The van der Waals surface area contributed by atoms with Crippen molar-refractivity contribution in [3.8, 4) is 0 Å². The van der Waals surface area contributed by atoms with Gasteiger partial charge in [-0.2, -0.15) is 0 Å². The Bertz CT molecular complexity index is 558. The number of hydrogen-bond acceptors (Lipinski definition) is 5. The normalized spacial score (nSPS) is 17.5. The molecule has 1 atom stereocenters. The fourth-order valence-corrected chi connectivity index (χ4v) is 2.65. The third kappa shape index (κ3) is 5.38. The van der Waals surface area contributed by atoms with Crippen molar-refractivity contribution in [2.45, 2.75) is 38.8 Å². The van der Waals surface area contributed by atoms with Crippen molar-refractivity contribution >= 4 is 17.8 Å². The van der Waals surface area contributed by atoms with Crippen LogP contribution in [0.1, 0.15) is 31.9 Å².